The maximum absolute atomic E-state index is 5.46. The number of nitrogens with two attached hydrogens (primary N) is 1. The highest BCUT2D eigenvalue weighted by Gasteiger charge is 2.01. The van der Waals surface area contributed by atoms with E-state index in [-0.39, 0.29) is 0 Å². The molecule has 0 fully saturated rings. The zero-order valence-electron chi connectivity index (χ0n) is 8.65. The Kier molecular flexibility index (Phi) is 3.20. The van der Waals surface area contributed by atoms with Crippen molar-refractivity contribution in [1.29, 1.82) is 0 Å². The average Bonchev–Trinajstić information content (AvgIpc) is 2.68. The van der Waals surface area contributed by atoms with Crippen LogP contribution < -0.4 is 5.73 Å². The first-order chi connectivity index (χ1) is 7.38. The summed E-state index contributed by atoms with van der Waals surface area (Å²) in [6, 6.07) is 12.5. The van der Waals surface area contributed by atoms with Gasteiger partial charge >= 0.3 is 0 Å². The smallest absolute Gasteiger partial charge is 0.105 e. The number of hydrogen-bond acceptors (Lipinski definition) is 2. The Balaban J connectivity index is 2.05. The Morgan fingerprint density at radius 2 is 1.87 bits per heavy atom. The Labute approximate surface area is 89.7 Å². The molecule has 1 aromatic heterocycles. The van der Waals surface area contributed by atoms with E-state index in [9.17, 15) is 0 Å². The van der Waals surface area contributed by atoms with Crippen LogP contribution in [0.15, 0.2) is 47.1 Å². The lowest BCUT2D eigenvalue weighted by Gasteiger charge is -1.96. The standard InChI is InChI=1S/C13H15NO/c14-7-6-13-9-12(10-15-13)8-11-4-2-1-3-5-11/h1-5,9-10H,6-8,14H2. The molecule has 0 aliphatic rings. The number of furan rings is 1. The summed E-state index contributed by atoms with van der Waals surface area (Å²) in [6.45, 7) is 0.637. The molecular weight excluding hydrogens is 186 g/mol. The van der Waals surface area contributed by atoms with E-state index >= 15 is 0 Å². The van der Waals surface area contributed by atoms with E-state index in [0.29, 0.717) is 6.54 Å². The van der Waals surface area contributed by atoms with Crippen molar-refractivity contribution in [2.45, 2.75) is 12.8 Å². The van der Waals surface area contributed by atoms with Crippen LogP contribution in [0.2, 0.25) is 0 Å². The lowest BCUT2D eigenvalue weighted by atomic mass is 10.1. The van der Waals surface area contributed by atoms with Gasteiger partial charge in [-0.25, -0.2) is 0 Å². The Morgan fingerprint density at radius 1 is 1.07 bits per heavy atom. The number of rotatable bonds is 4. The maximum atomic E-state index is 5.46. The minimum atomic E-state index is 0.637. The summed E-state index contributed by atoms with van der Waals surface area (Å²) in [4.78, 5) is 0. The first-order valence-corrected chi connectivity index (χ1v) is 5.19. The highest BCUT2D eigenvalue weighted by atomic mass is 16.3. The van der Waals surface area contributed by atoms with Gasteiger partial charge in [0.2, 0.25) is 0 Å². The normalized spacial score (nSPS) is 10.5. The zero-order chi connectivity index (χ0) is 10.5. The quantitative estimate of drug-likeness (QED) is 0.824. The number of benzene rings is 1. The largest absolute Gasteiger partial charge is 0.469 e. The van der Waals surface area contributed by atoms with Crippen LogP contribution in [-0.4, -0.2) is 6.54 Å². The molecule has 0 unspecified atom stereocenters. The van der Waals surface area contributed by atoms with Crippen LogP contribution in [0.1, 0.15) is 16.9 Å². The average molecular weight is 201 g/mol. The van der Waals surface area contributed by atoms with Crippen LogP contribution in [0.25, 0.3) is 0 Å². The predicted octanol–water partition coefficient (Wildman–Crippen LogP) is 2.37. The molecule has 0 saturated heterocycles. The second-order valence-electron chi connectivity index (χ2n) is 3.62. The van der Waals surface area contributed by atoms with Crippen molar-refractivity contribution in [2.24, 2.45) is 5.73 Å². The zero-order valence-corrected chi connectivity index (χ0v) is 8.65. The van der Waals surface area contributed by atoms with E-state index in [4.69, 9.17) is 10.2 Å². The van der Waals surface area contributed by atoms with E-state index in [2.05, 4.69) is 30.3 Å². The minimum Gasteiger partial charge on any atom is -0.469 e. The van der Waals surface area contributed by atoms with Gasteiger partial charge in [-0.2, -0.15) is 0 Å². The summed E-state index contributed by atoms with van der Waals surface area (Å²) in [5.41, 5.74) is 7.98. The maximum Gasteiger partial charge on any atom is 0.105 e. The third-order valence-electron chi connectivity index (χ3n) is 2.35. The minimum absolute atomic E-state index is 0.637. The molecule has 0 atom stereocenters. The number of hydrogen-bond donors (Lipinski definition) is 1. The molecular formula is C13H15NO. The molecule has 15 heavy (non-hydrogen) atoms. The molecule has 78 valence electrons. The fourth-order valence-corrected chi connectivity index (χ4v) is 1.62. The summed E-state index contributed by atoms with van der Waals surface area (Å²) in [7, 11) is 0. The lowest BCUT2D eigenvalue weighted by Crippen LogP contribution is -2.01. The van der Waals surface area contributed by atoms with E-state index in [0.717, 1.165) is 18.6 Å². The summed E-state index contributed by atoms with van der Waals surface area (Å²) in [5.74, 6) is 0.975. The third kappa shape index (κ3) is 2.70. The molecule has 2 heteroatoms. The van der Waals surface area contributed by atoms with Crippen molar-refractivity contribution in [1.82, 2.24) is 0 Å². The molecule has 1 heterocycles. The Bertz CT molecular complexity index is 405. The molecule has 0 aliphatic carbocycles. The van der Waals surface area contributed by atoms with E-state index < -0.39 is 0 Å². The van der Waals surface area contributed by atoms with Crippen LogP contribution in [0.5, 0.6) is 0 Å². The van der Waals surface area contributed by atoms with Crippen LogP contribution >= 0.6 is 0 Å². The molecule has 0 spiro atoms. The molecule has 0 amide bonds. The van der Waals surface area contributed by atoms with Gasteiger partial charge in [0.25, 0.3) is 0 Å². The fraction of sp³-hybridized carbons (Fsp3) is 0.231. The van der Waals surface area contributed by atoms with Gasteiger partial charge in [0.1, 0.15) is 5.76 Å². The van der Waals surface area contributed by atoms with Gasteiger partial charge in [0.15, 0.2) is 0 Å². The summed E-state index contributed by atoms with van der Waals surface area (Å²) in [6.07, 6.45) is 3.56. The Morgan fingerprint density at radius 3 is 2.60 bits per heavy atom. The van der Waals surface area contributed by atoms with Gasteiger partial charge in [-0.05, 0) is 23.7 Å². The highest BCUT2D eigenvalue weighted by molar-refractivity contribution is 5.24. The summed E-state index contributed by atoms with van der Waals surface area (Å²) >= 11 is 0. The van der Waals surface area contributed by atoms with Crippen molar-refractivity contribution in [3.63, 3.8) is 0 Å². The molecule has 1 aromatic carbocycles. The fourth-order valence-electron chi connectivity index (χ4n) is 1.62. The van der Waals surface area contributed by atoms with Crippen molar-refractivity contribution < 1.29 is 4.42 Å². The van der Waals surface area contributed by atoms with E-state index in [1.807, 2.05) is 12.3 Å². The summed E-state index contributed by atoms with van der Waals surface area (Å²) < 4.78 is 5.40. The molecule has 2 aromatic rings. The molecule has 2 N–H and O–H groups in total. The second-order valence-corrected chi connectivity index (χ2v) is 3.62. The van der Waals surface area contributed by atoms with Crippen LogP contribution in [-0.2, 0) is 12.8 Å². The first kappa shape index (κ1) is 9.99. The van der Waals surface area contributed by atoms with Gasteiger partial charge in [-0.3, -0.25) is 0 Å². The first-order valence-electron chi connectivity index (χ1n) is 5.19. The van der Waals surface area contributed by atoms with Crippen molar-refractivity contribution in [3.8, 4) is 0 Å². The van der Waals surface area contributed by atoms with Gasteiger partial charge in [0, 0.05) is 12.8 Å². The van der Waals surface area contributed by atoms with Crippen molar-refractivity contribution in [2.75, 3.05) is 6.54 Å². The molecule has 2 rings (SSSR count). The van der Waals surface area contributed by atoms with E-state index in [1.54, 1.807) is 0 Å². The second kappa shape index (κ2) is 4.80. The molecule has 0 bridgehead atoms. The molecule has 2 nitrogen and oxygen atoms in total. The summed E-state index contributed by atoms with van der Waals surface area (Å²) in [5, 5.41) is 0. The van der Waals surface area contributed by atoms with Crippen LogP contribution in [0.4, 0.5) is 0 Å². The van der Waals surface area contributed by atoms with Gasteiger partial charge in [-0.15, -0.1) is 0 Å². The Hall–Kier alpha value is -1.54. The molecule has 0 radical (unpaired) electrons. The molecule has 0 saturated carbocycles. The van der Waals surface area contributed by atoms with Crippen LogP contribution in [0.3, 0.4) is 0 Å². The molecule has 0 aliphatic heterocycles. The predicted molar refractivity (Wildman–Crippen MR) is 60.7 cm³/mol. The van der Waals surface area contributed by atoms with Crippen molar-refractivity contribution in [3.05, 3.63) is 59.5 Å². The van der Waals surface area contributed by atoms with E-state index in [1.165, 1.54) is 11.1 Å². The van der Waals surface area contributed by atoms with Gasteiger partial charge < -0.3 is 10.2 Å². The van der Waals surface area contributed by atoms with Gasteiger partial charge in [0.05, 0.1) is 6.26 Å². The topological polar surface area (TPSA) is 39.2 Å². The monoisotopic (exact) mass is 201 g/mol. The van der Waals surface area contributed by atoms with Gasteiger partial charge in [-0.1, -0.05) is 30.3 Å². The highest BCUT2D eigenvalue weighted by Crippen LogP contribution is 2.13. The van der Waals surface area contributed by atoms with Crippen molar-refractivity contribution >= 4 is 0 Å². The SMILES string of the molecule is NCCc1cc(Cc2ccccc2)co1. The van der Waals surface area contributed by atoms with Crippen LogP contribution in [0, 0.1) is 0 Å². The lowest BCUT2D eigenvalue weighted by molar-refractivity contribution is 0.509. The third-order valence-corrected chi connectivity index (χ3v) is 2.35.